The van der Waals surface area contributed by atoms with Crippen molar-refractivity contribution < 1.29 is 13.9 Å². The highest BCUT2D eigenvalue weighted by Gasteiger charge is 2.27. The van der Waals surface area contributed by atoms with Crippen LogP contribution in [-0.2, 0) is 36.5 Å². The van der Waals surface area contributed by atoms with E-state index in [9.17, 15) is 4.39 Å². The fourth-order valence-corrected chi connectivity index (χ4v) is 15.6. The Bertz CT molecular complexity index is 3440. The highest BCUT2D eigenvalue weighted by atomic mass is 32.2. The number of rotatable bonds is 20. The van der Waals surface area contributed by atoms with Crippen LogP contribution in [0.25, 0.3) is 21.1 Å². The second kappa shape index (κ2) is 29.0. The number of aryl methyl sites for hydroxylation is 5. The molecule has 0 spiro atoms. The normalized spacial score (nSPS) is 12.6. The third kappa shape index (κ3) is 16.7. The van der Waals surface area contributed by atoms with Gasteiger partial charge in [-0.1, -0.05) is 87.1 Å². The van der Waals surface area contributed by atoms with Gasteiger partial charge in [0.25, 0.3) is 0 Å². The molecule has 8 N–H and O–H groups in total. The highest BCUT2D eigenvalue weighted by molar-refractivity contribution is 8.00. The van der Waals surface area contributed by atoms with Crippen LogP contribution in [0.1, 0.15) is 99.0 Å². The highest BCUT2D eigenvalue weighted by Crippen LogP contribution is 2.48. The minimum atomic E-state index is -0.496. The first-order valence-electron chi connectivity index (χ1n) is 25.8. The Morgan fingerprint density at radius 2 is 1.15 bits per heavy atom. The van der Waals surface area contributed by atoms with Gasteiger partial charge in [0.05, 0.1) is 36.0 Å². The number of thioether (sulfide) groups is 4. The van der Waals surface area contributed by atoms with Crippen molar-refractivity contribution >= 4 is 104 Å². The molecule has 8 heterocycles. The van der Waals surface area contributed by atoms with E-state index in [1.165, 1.54) is 72.8 Å². The van der Waals surface area contributed by atoms with Gasteiger partial charge in [-0.2, -0.15) is 4.39 Å². The number of nitrogens with two attached hydrogens (primary N) is 4. The van der Waals surface area contributed by atoms with E-state index in [4.69, 9.17) is 47.4 Å². The first kappa shape index (κ1) is 60.0. The molecule has 1 atom stereocenters. The van der Waals surface area contributed by atoms with Crippen LogP contribution >= 0.6 is 81.1 Å². The van der Waals surface area contributed by atoms with Gasteiger partial charge in [-0.25, -0.2) is 49.8 Å². The van der Waals surface area contributed by atoms with Gasteiger partial charge in [0.15, 0.2) is 27.0 Å². The summed E-state index contributed by atoms with van der Waals surface area (Å²) in [5.74, 6) is 4.76. The zero-order chi connectivity index (χ0) is 56.7. The van der Waals surface area contributed by atoms with E-state index < -0.39 is 5.95 Å². The van der Waals surface area contributed by atoms with Crippen molar-refractivity contribution in [2.75, 3.05) is 36.7 Å². The largest absolute Gasteiger partial charge is 0.493 e. The number of aromatic nitrogens is 10. The van der Waals surface area contributed by atoms with Crippen LogP contribution in [0.4, 0.5) is 27.7 Å². The van der Waals surface area contributed by atoms with Gasteiger partial charge in [-0.3, -0.25) is 0 Å². The Balaban J connectivity index is 0.000000158. The van der Waals surface area contributed by atoms with Gasteiger partial charge in [-0.05, 0) is 82.3 Å². The summed E-state index contributed by atoms with van der Waals surface area (Å²) in [5, 5.41) is 5.35. The molecular formula is C56H63FN14O2S7. The number of ether oxygens (including phenoxy) is 2. The monoisotopic (exact) mass is 1210 g/mol. The molecule has 2 aromatic carbocycles. The number of pyridine rings is 1. The summed E-state index contributed by atoms with van der Waals surface area (Å²) in [6, 6.07) is 22.8. The number of anilines is 4. The molecule has 0 saturated heterocycles. The van der Waals surface area contributed by atoms with E-state index >= 15 is 0 Å². The Morgan fingerprint density at radius 1 is 0.588 bits per heavy atom. The zero-order valence-electron chi connectivity index (χ0n) is 45.5. The number of methoxy groups -OCH3 is 1. The van der Waals surface area contributed by atoms with Crippen LogP contribution in [0.3, 0.4) is 0 Å². The summed E-state index contributed by atoms with van der Waals surface area (Å²) in [6.07, 6.45) is 7.64. The summed E-state index contributed by atoms with van der Waals surface area (Å²) in [4.78, 5) is 49.2. The average molecular weight is 1210 g/mol. The molecule has 10 rings (SSSR count). The lowest BCUT2D eigenvalue weighted by atomic mass is 10.1. The Labute approximate surface area is 495 Å². The molecule has 80 heavy (non-hydrogen) atoms. The van der Waals surface area contributed by atoms with E-state index in [0.29, 0.717) is 56.9 Å². The van der Waals surface area contributed by atoms with E-state index in [0.717, 1.165) is 110 Å². The van der Waals surface area contributed by atoms with Gasteiger partial charge >= 0.3 is 0 Å². The molecule has 1 aliphatic heterocycles. The third-order valence-corrected chi connectivity index (χ3v) is 19.2. The summed E-state index contributed by atoms with van der Waals surface area (Å²) < 4.78 is 24.6. The third-order valence-electron chi connectivity index (χ3n) is 11.7. The molecule has 16 nitrogen and oxygen atoms in total. The first-order valence-corrected chi connectivity index (χ1v) is 32.1. The fraction of sp³-hybridized carbons (Fsp3) is 0.321. The second-order valence-electron chi connectivity index (χ2n) is 18.1. The van der Waals surface area contributed by atoms with Gasteiger partial charge in [-0.15, -0.1) is 45.8 Å². The van der Waals surface area contributed by atoms with Crippen LogP contribution in [0.2, 0.25) is 0 Å². The van der Waals surface area contributed by atoms with Crippen LogP contribution in [0.5, 0.6) is 11.5 Å². The van der Waals surface area contributed by atoms with Crippen LogP contribution in [0.15, 0.2) is 99.4 Å². The summed E-state index contributed by atoms with van der Waals surface area (Å²) in [6.45, 7) is 13.0. The van der Waals surface area contributed by atoms with E-state index in [1.54, 1.807) is 59.7 Å². The van der Waals surface area contributed by atoms with Crippen molar-refractivity contribution in [3.05, 3.63) is 139 Å². The molecule has 24 heteroatoms. The molecule has 0 amide bonds. The Hall–Kier alpha value is -6.15. The lowest BCUT2D eigenvalue weighted by Gasteiger charge is -2.10. The van der Waals surface area contributed by atoms with Crippen molar-refractivity contribution in [1.29, 1.82) is 0 Å². The van der Waals surface area contributed by atoms with Crippen molar-refractivity contribution in [3.8, 4) is 32.6 Å². The maximum atomic E-state index is 13.4. The van der Waals surface area contributed by atoms with Crippen molar-refractivity contribution in [3.63, 3.8) is 0 Å². The molecule has 418 valence electrons. The topological polar surface area (TPSA) is 251 Å². The van der Waals surface area contributed by atoms with Crippen LogP contribution in [0, 0.1) is 26.7 Å². The number of fused-ring (bicyclic) bond motifs is 1. The predicted octanol–water partition coefficient (Wildman–Crippen LogP) is 13.9. The van der Waals surface area contributed by atoms with Gasteiger partial charge in [0, 0.05) is 89.8 Å². The molecule has 0 radical (unpaired) electrons. The Kier molecular flexibility index (Phi) is 21.7. The van der Waals surface area contributed by atoms with Crippen molar-refractivity contribution in [1.82, 2.24) is 49.8 Å². The number of halogens is 1. The maximum Gasteiger partial charge on any atom is 0.213 e. The molecule has 9 aromatic rings. The number of benzene rings is 2. The van der Waals surface area contributed by atoms with Gasteiger partial charge < -0.3 is 32.4 Å². The number of thiazole rings is 3. The molecule has 1 unspecified atom stereocenters. The van der Waals surface area contributed by atoms with Crippen LogP contribution < -0.4 is 32.4 Å². The molecular weight excluding hydrogens is 1140 g/mol. The number of hydrogen-bond acceptors (Lipinski definition) is 23. The standard InChI is InChI=1S/C20H22N4S3.C19H23N5O2S2.C17H18FN5S2/c1-3-6-16-14(11-25-20-22-12(2)9-18(21)24-20)23-19(27-16)17-10-13-7-4-5-8-15(13)26-17;1-4-7-26-15-8-12(5-6-14(15)25-3)18-22-13(11(2)28-18)10-27-19-23-16(20)9-17(21)24-19;1-3-4-13-12(9-24-17-21-10(2)7-15(19)23-17)22-16(25-13)11-5-6-20-14(18)8-11/h4-5,7-9,17H,3,6,10-11H2,1-2H3,(H2,21,22,24);5-6,8-9H,4,7,10H2,1-3H3,(H4,20,21,23,24);5-8H,3-4,9H2,1-2H3,(H2,19,21,23). The lowest BCUT2D eigenvalue weighted by molar-refractivity contribution is 0.294. The smallest absolute Gasteiger partial charge is 0.213 e. The summed E-state index contributed by atoms with van der Waals surface area (Å²) in [5.41, 5.74) is 31.2. The minimum Gasteiger partial charge on any atom is -0.493 e. The van der Waals surface area contributed by atoms with Crippen LogP contribution in [-0.4, -0.2) is 63.6 Å². The summed E-state index contributed by atoms with van der Waals surface area (Å²) in [7, 11) is 1.64. The van der Waals surface area contributed by atoms with Crippen molar-refractivity contribution in [2.45, 2.75) is 123 Å². The Morgan fingerprint density at radius 3 is 1.75 bits per heavy atom. The van der Waals surface area contributed by atoms with Crippen molar-refractivity contribution in [2.24, 2.45) is 0 Å². The average Bonchev–Trinajstić information content (AvgIpc) is 4.24. The summed E-state index contributed by atoms with van der Waals surface area (Å²) >= 11 is 11.7. The fourth-order valence-electron chi connectivity index (χ4n) is 7.98. The molecule has 7 aromatic heterocycles. The quantitative estimate of drug-likeness (QED) is 0.0314. The second-order valence-corrected chi connectivity index (χ2v) is 25.6. The van der Waals surface area contributed by atoms with Gasteiger partial charge in [0.1, 0.15) is 38.3 Å². The first-order chi connectivity index (χ1) is 38.7. The SMILES string of the molecule is CCCOc1cc(-c2nc(CSc3nc(N)cc(N)n3)c(C)s2)ccc1OC.CCCc1sc(-c2ccnc(F)c2)nc1CSc1nc(C)cc(N)n1.CCCc1sc(C2Cc3ccccc3S2)nc1CSc1nc(C)cc(N)n1. The molecule has 0 fully saturated rings. The number of hydrogen-bond donors (Lipinski definition) is 4. The zero-order valence-corrected chi connectivity index (χ0v) is 51.2. The maximum absolute atomic E-state index is 13.4. The van der Waals surface area contributed by atoms with Gasteiger partial charge in [0.2, 0.25) is 5.95 Å². The molecule has 0 bridgehead atoms. The predicted molar refractivity (Wildman–Crippen MR) is 331 cm³/mol. The molecule has 0 saturated carbocycles. The van der Waals surface area contributed by atoms with E-state index in [1.807, 2.05) is 55.1 Å². The molecule has 0 aliphatic carbocycles. The number of nitrogen functional groups attached to an aromatic ring is 4. The molecule has 1 aliphatic rings. The van der Waals surface area contributed by atoms with E-state index in [2.05, 4.69) is 86.8 Å². The minimum absolute atomic E-state index is 0.364. The lowest BCUT2D eigenvalue weighted by Crippen LogP contribution is -1.99. The number of nitrogens with zero attached hydrogens (tertiary/aromatic N) is 10. The van der Waals surface area contributed by atoms with E-state index in [-0.39, 0.29) is 0 Å².